The number of carbonyl (C=O) groups is 1. The molecule has 0 radical (unpaired) electrons. The molecule has 184 valence electrons. The summed E-state index contributed by atoms with van der Waals surface area (Å²) in [5.41, 5.74) is 5.24. The number of rotatable bonds is 6. The first kappa shape index (κ1) is 22.9. The van der Waals surface area contributed by atoms with Gasteiger partial charge in [0.25, 0.3) is 5.91 Å². The van der Waals surface area contributed by atoms with Crippen LogP contribution < -0.4 is 5.32 Å². The number of nitrogens with zero attached hydrogens (tertiary/aromatic N) is 3. The van der Waals surface area contributed by atoms with Crippen LogP contribution in [0.1, 0.15) is 53.8 Å². The van der Waals surface area contributed by atoms with Crippen molar-refractivity contribution in [1.82, 2.24) is 25.2 Å². The molecular formula is C30H33N5O. The zero-order valence-corrected chi connectivity index (χ0v) is 20.6. The van der Waals surface area contributed by atoms with Gasteiger partial charge in [-0.25, -0.2) is 4.98 Å². The Morgan fingerprint density at radius 1 is 1.00 bits per heavy atom. The van der Waals surface area contributed by atoms with Crippen LogP contribution in [0.2, 0.25) is 0 Å². The summed E-state index contributed by atoms with van der Waals surface area (Å²) in [5.74, 6) is 1.75. The number of nitrogens with one attached hydrogen (secondary N) is 2. The largest absolute Gasteiger partial charge is 0.349 e. The first-order valence-electron chi connectivity index (χ1n) is 13.2. The topological polar surface area (TPSA) is 73.9 Å². The Hall–Kier alpha value is -3.51. The fourth-order valence-corrected chi connectivity index (χ4v) is 5.80. The van der Waals surface area contributed by atoms with E-state index in [1.54, 1.807) is 6.20 Å². The maximum Gasteiger partial charge on any atom is 0.252 e. The summed E-state index contributed by atoms with van der Waals surface area (Å²) >= 11 is 0. The SMILES string of the molecule is O=C(NC1CCC(CCN2CCc3nc(-c4ccccc4)[nH]c3C2)CC1)c1cccc2ncccc12. The molecule has 1 aliphatic carbocycles. The summed E-state index contributed by atoms with van der Waals surface area (Å²) in [4.78, 5) is 28.4. The van der Waals surface area contributed by atoms with Crippen molar-refractivity contribution >= 4 is 16.8 Å². The lowest BCUT2D eigenvalue weighted by Gasteiger charge is -2.32. The van der Waals surface area contributed by atoms with Gasteiger partial charge in [0.2, 0.25) is 0 Å². The predicted octanol–water partition coefficient (Wildman–Crippen LogP) is 5.36. The second kappa shape index (κ2) is 10.2. The third-order valence-corrected chi connectivity index (χ3v) is 7.88. The highest BCUT2D eigenvalue weighted by Gasteiger charge is 2.25. The van der Waals surface area contributed by atoms with Gasteiger partial charge in [-0.3, -0.25) is 14.7 Å². The van der Waals surface area contributed by atoms with Gasteiger partial charge >= 0.3 is 0 Å². The minimum Gasteiger partial charge on any atom is -0.349 e. The van der Waals surface area contributed by atoms with E-state index in [9.17, 15) is 4.79 Å². The molecule has 2 N–H and O–H groups in total. The van der Waals surface area contributed by atoms with Crippen LogP contribution in [0.25, 0.3) is 22.3 Å². The van der Waals surface area contributed by atoms with Crippen LogP contribution in [0.4, 0.5) is 0 Å². The van der Waals surface area contributed by atoms with Gasteiger partial charge in [0.1, 0.15) is 5.82 Å². The molecule has 1 saturated carbocycles. The fourth-order valence-electron chi connectivity index (χ4n) is 5.80. The summed E-state index contributed by atoms with van der Waals surface area (Å²) in [6.07, 6.45) is 8.50. The molecule has 0 atom stereocenters. The number of aromatic amines is 1. The van der Waals surface area contributed by atoms with E-state index in [-0.39, 0.29) is 11.9 Å². The van der Waals surface area contributed by atoms with E-state index in [1.165, 1.54) is 30.7 Å². The summed E-state index contributed by atoms with van der Waals surface area (Å²) in [7, 11) is 0. The smallest absolute Gasteiger partial charge is 0.252 e. The Morgan fingerprint density at radius 2 is 1.86 bits per heavy atom. The number of imidazole rings is 1. The van der Waals surface area contributed by atoms with Gasteiger partial charge in [-0.2, -0.15) is 0 Å². The Morgan fingerprint density at radius 3 is 2.72 bits per heavy atom. The Bertz CT molecular complexity index is 1330. The Kier molecular flexibility index (Phi) is 6.51. The average Bonchev–Trinajstić information content (AvgIpc) is 3.36. The first-order chi connectivity index (χ1) is 17.7. The fraction of sp³-hybridized carbons (Fsp3) is 0.367. The lowest BCUT2D eigenvalue weighted by molar-refractivity contribution is 0.0921. The molecule has 36 heavy (non-hydrogen) atoms. The van der Waals surface area contributed by atoms with E-state index in [0.717, 1.165) is 72.7 Å². The van der Waals surface area contributed by atoms with Crippen LogP contribution in [-0.4, -0.2) is 44.9 Å². The first-order valence-corrected chi connectivity index (χ1v) is 13.2. The average molecular weight is 480 g/mol. The molecule has 1 aliphatic heterocycles. The highest BCUT2D eigenvalue weighted by atomic mass is 16.1. The van der Waals surface area contributed by atoms with E-state index < -0.39 is 0 Å². The molecule has 6 heteroatoms. The normalized spacial score (nSPS) is 20.2. The van der Waals surface area contributed by atoms with Crippen molar-refractivity contribution in [1.29, 1.82) is 0 Å². The molecule has 2 aromatic heterocycles. The van der Waals surface area contributed by atoms with Gasteiger partial charge in [0, 0.05) is 48.3 Å². The van der Waals surface area contributed by atoms with Crippen LogP contribution in [-0.2, 0) is 13.0 Å². The van der Waals surface area contributed by atoms with Crippen molar-refractivity contribution in [2.75, 3.05) is 13.1 Å². The second-order valence-electron chi connectivity index (χ2n) is 10.3. The van der Waals surface area contributed by atoms with Crippen molar-refractivity contribution in [2.45, 2.75) is 51.1 Å². The van der Waals surface area contributed by atoms with Gasteiger partial charge in [-0.05, 0) is 62.8 Å². The van der Waals surface area contributed by atoms with Gasteiger partial charge < -0.3 is 10.3 Å². The zero-order valence-electron chi connectivity index (χ0n) is 20.6. The van der Waals surface area contributed by atoms with E-state index in [2.05, 4.69) is 44.5 Å². The number of hydrogen-bond donors (Lipinski definition) is 2. The summed E-state index contributed by atoms with van der Waals surface area (Å²) in [6, 6.07) is 20.3. The molecule has 6 rings (SSSR count). The molecule has 2 aliphatic rings. The highest BCUT2D eigenvalue weighted by molar-refractivity contribution is 6.06. The number of aromatic nitrogens is 3. The summed E-state index contributed by atoms with van der Waals surface area (Å²) < 4.78 is 0. The summed E-state index contributed by atoms with van der Waals surface area (Å²) in [5, 5.41) is 4.21. The van der Waals surface area contributed by atoms with Gasteiger partial charge in [0.15, 0.2) is 0 Å². The van der Waals surface area contributed by atoms with E-state index in [0.29, 0.717) is 0 Å². The van der Waals surface area contributed by atoms with Crippen LogP contribution in [0.15, 0.2) is 66.9 Å². The number of fused-ring (bicyclic) bond motifs is 2. The van der Waals surface area contributed by atoms with Crippen molar-refractivity contribution < 1.29 is 4.79 Å². The lowest BCUT2D eigenvalue weighted by Crippen LogP contribution is -2.38. The quantitative estimate of drug-likeness (QED) is 0.390. The van der Waals surface area contributed by atoms with Crippen molar-refractivity contribution in [3.63, 3.8) is 0 Å². The molecule has 2 aromatic carbocycles. The molecule has 3 heterocycles. The molecule has 4 aromatic rings. The maximum atomic E-state index is 13.0. The number of benzene rings is 2. The summed E-state index contributed by atoms with van der Waals surface area (Å²) in [6.45, 7) is 3.17. The van der Waals surface area contributed by atoms with Crippen molar-refractivity contribution in [3.8, 4) is 11.4 Å². The van der Waals surface area contributed by atoms with Gasteiger partial charge in [-0.1, -0.05) is 42.5 Å². The predicted molar refractivity (Wildman–Crippen MR) is 143 cm³/mol. The van der Waals surface area contributed by atoms with Crippen LogP contribution in [0.5, 0.6) is 0 Å². The zero-order chi connectivity index (χ0) is 24.3. The molecule has 0 bridgehead atoms. The second-order valence-corrected chi connectivity index (χ2v) is 10.3. The third kappa shape index (κ3) is 4.91. The molecule has 6 nitrogen and oxygen atoms in total. The standard InChI is InChI=1S/C30H33N5O/c36-30(25-8-4-10-26-24(25)9-5-17-31-26)32-23-13-11-21(12-14-23)15-18-35-19-16-27-28(20-35)34-29(33-27)22-6-2-1-3-7-22/h1-10,17,21,23H,11-16,18-20H2,(H,32,36)(H,33,34). The van der Waals surface area contributed by atoms with Crippen molar-refractivity contribution in [3.05, 3.63) is 83.8 Å². The monoisotopic (exact) mass is 479 g/mol. The lowest BCUT2D eigenvalue weighted by atomic mass is 9.84. The van der Waals surface area contributed by atoms with E-state index in [4.69, 9.17) is 4.98 Å². The maximum absolute atomic E-state index is 13.0. The minimum atomic E-state index is 0.0237. The number of carbonyl (C=O) groups excluding carboxylic acids is 1. The molecule has 1 amide bonds. The number of pyridine rings is 1. The molecule has 0 saturated heterocycles. The van der Waals surface area contributed by atoms with Gasteiger partial charge in [-0.15, -0.1) is 0 Å². The molecule has 1 fully saturated rings. The molecule has 0 spiro atoms. The number of amides is 1. The number of H-pyrrole nitrogens is 1. The molecule has 0 unspecified atom stereocenters. The van der Waals surface area contributed by atoms with E-state index in [1.807, 2.05) is 36.4 Å². The number of hydrogen-bond acceptors (Lipinski definition) is 4. The van der Waals surface area contributed by atoms with E-state index >= 15 is 0 Å². The van der Waals surface area contributed by atoms with Crippen LogP contribution in [0, 0.1) is 5.92 Å². The third-order valence-electron chi connectivity index (χ3n) is 7.88. The Balaban J connectivity index is 0.980. The Labute approximate surface area is 212 Å². The molecular weight excluding hydrogens is 446 g/mol. The minimum absolute atomic E-state index is 0.0237. The van der Waals surface area contributed by atoms with Crippen LogP contribution in [0.3, 0.4) is 0 Å². The van der Waals surface area contributed by atoms with Crippen LogP contribution >= 0.6 is 0 Å². The highest BCUT2D eigenvalue weighted by Crippen LogP contribution is 2.29. The van der Waals surface area contributed by atoms with Crippen molar-refractivity contribution in [2.24, 2.45) is 5.92 Å². The van der Waals surface area contributed by atoms with Gasteiger partial charge in [0.05, 0.1) is 16.9 Å².